The van der Waals surface area contributed by atoms with Gasteiger partial charge in [-0.1, -0.05) is 17.7 Å². The summed E-state index contributed by atoms with van der Waals surface area (Å²) < 4.78 is 0. The van der Waals surface area contributed by atoms with Gasteiger partial charge < -0.3 is 16.2 Å². The number of aliphatic hydroxyl groups is 1. The van der Waals surface area contributed by atoms with Gasteiger partial charge in [0.25, 0.3) is 5.91 Å². The minimum atomic E-state index is -1.57. The number of nitro groups is 1. The molecule has 0 saturated heterocycles. The summed E-state index contributed by atoms with van der Waals surface area (Å²) in [5.74, 6) is -1.85. The normalized spacial score (nSPS) is 11.7. The molecule has 0 spiro atoms. The maximum atomic E-state index is 11.7. The highest BCUT2D eigenvalue weighted by molar-refractivity contribution is 6.33. The number of amides is 2. The SMILES string of the molecule is NC(=O)C(O)CNC(=O)c1cccc(Cl)c1[N+](=O)[O-]. The molecule has 0 fully saturated rings. The summed E-state index contributed by atoms with van der Waals surface area (Å²) >= 11 is 5.64. The number of rotatable bonds is 5. The van der Waals surface area contributed by atoms with Crippen LogP contribution < -0.4 is 11.1 Å². The summed E-state index contributed by atoms with van der Waals surface area (Å²) in [6.07, 6.45) is -1.57. The summed E-state index contributed by atoms with van der Waals surface area (Å²) in [4.78, 5) is 32.3. The number of nitrogens with one attached hydrogen (secondary N) is 1. The van der Waals surface area contributed by atoms with E-state index in [0.29, 0.717) is 0 Å². The molecule has 0 aliphatic rings. The zero-order valence-corrected chi connectivity index (χ0v) is 10.3. The molecule has 4 N–H and O–H groups in total. The first-order valence-corrected chi connectivity index (χ1v) is 5.41. The van der Waals surface area contributed by atoms with Crippen LogP contribution in [0.2, 0.25) is 5.02 Å². The maximum absolute atomic E-state index is 11.7. The number of carbonyl (C=O) groups is 2. The summed E-state index contributed by atoms with van der Waals surface area (Å²) in [7, 11) is 0. The van der Waals surface area contributed by atoms with Gasteiger partial charge in [-0.3, -0.25) is 19.7 Å². The first-order chi connectivity index (χ1) is 8.84. The van der Waals surface area contributed by atoms with Gasteiger partial charge in [-0.25, -0.2) is 0 Å². The van der Waals surface area contributed by atoms with Gasteiger partial charge >= 0.3 is 5.69 Å². The van der Waals surface area contributed by atoms with Crippen LogP contribution in [0, 0.1) is 10.1 Å². The Balaban J connectivity index is 2.92. The minimum absolute atomic E-state index is 0.187. The van der Waals surface area contributed by atoms with Crippen LogP contribution in [-0.4, -0.2) is 34.5 Å². The average Bonchev–Trinajstić information content (AvgIpc) is 2.34. The molecule has 102 valence electrons. The van der Waals surface area contributed by atoms with Crippen molar-refractivity contribution in [2.45, 2.75) is 6.10 Å². The lowest BCUT2D eigenvalue weighted by Gasteiger charge is -2.09. The molecule has 8 nitrogen and oxygen atoms in total. The van der Waals surface area contributed by atoms with Crippen LogP contribution in [0.1, 0.15) is 10.4 Å². The molecule has 1 rings (SSSR count). The van der Waals surface area contributed by atoms with Gasteiger partial charge in [0.1, 0.15) is 16.7 Å². The van der Waals surface area contributed by atoms with Crippen molar-refractivity contribution in [3.8, 4) is 0 Å². The minimum Gasteiger partial charge on any atom is -0.381 e. The third-order valence-electron chi connectivity index (χ3n) is 2.20. The zero-order chi connectivity index (χ0) is 14.6. The molecule has 1 aromatic rings. The van der Waals surface area contributed by atoms with E-state index < -0.39 is 35.1 Å². The highest BCUT2D eigenvalue weighted by Crippen LogP contribution is 2.27. The van der Waals surface area contributed by atoms with Crippen molar-refractivity contribution in [2.24, 2.45) is 5.73 Å². The van der Waals surface area contributed by atoms with E-state index in [-0.39, 0.29) is 10.6 Å². The highest BCUT2D eigenvalue weighted by atomic mass is 35.5. The number of hydrogen-bond donors (Lipinski definition) is 3. The number of primary amides is 1. The zero-order valence-electron chi connectivity index (χ0n) is 9.50. The van der Waals surface area contributed by atoms with Gasteiger partial charge in [0, 0.05) is 0 Å². The number of hydrogen-bond acceptors (Lipinski definition) is 5. The molecule has 0 bridgehead atoms. The van der Waals surface area contributed by atoms with E-state index >= 15 is 0 Å². The van der Waals surface area contributed by atoms with Gasteiger partial charge in [-0.2, -0.15) is 0 Å². The molecule has 0 radical (unpaired) electrons. The van der Waals surface area contributed by atoms with Gasteiger partial charge in [-0.05, 0) is 12.1 Å². The molecular weight excluding hydrogens is 278 g/mol. The van der Waals surface area contributed by atoms with E-state index in [1.54, 1.807) is 0 Å². The molecule has 0 aromatic heterocycles. The largest absolute Gasteiger partial charge is 0.381 e. The third kappa shape index (κ3) is 3.63. The maximum Gasteiger partial charge on any atom is 0.300 e. The van der Waals surface area contributed by atoms with E-state index in [4.69, 9.17) is 22.4 Å². The number of para-hydroxylation sites is 1. The van der Waals surface area contributed by atoms with Gasteiger partial charge in [-0.15, -0.1) is 0 Å². The Morgan fingerprint density at radius 2 is 2.16 bits per heavy atom. The first kappa shape index (κ1) is 14.9. The summed E-state index contributed by atoms with van der Waals surface area (Å²) in [6, 6.07) is 3.85. The van der Waals surface area contributed by atoms with E-state index in [2.05, 4.69) is 5.32 Å². The van der Waals surface area contributed by atoms with Crippen molar-refractivity contribution in [3.63, 3.8) is 0 Å². The van der Waals surface area contributed by atoms with Crippen molar-refractivity contribution in [1.29, 1.82) is 0 Å². The fourth-order valence-electron chi connectivity index (χ4n) is 1.27. The predicted octanol–water partition coefficient (Wildman–Crippen LogP) is -0.176. The number of carbonyl (C=O) groups excluding carboxylic acids is 2. The summed E-state index contributed by atoms with van der Waals surface area (Å²) in [5, 5.41) is 21.9. The number of halogens is 1. The van der Waals surface area contributed by atoms with E-state index in [1.165, 1.54) is 18.2 Å². The van der Waals surface area contributed by atoms with Crippen LogP contribution in [0.4, 0.5) is 5.69 Å². The fraction of sp³-hybridized carbons (Fsp3) is 0.200. The van der Waals surface area contributed by atoms with Crippen LogP contribution in [-0.2, 0) is 4.79 Å². The Labute approximate surface area is 112 Å². The first-order valence-electron chi connectivity index (χ1n) is 5.03. The molecule has 0 saturated carbocycles. The second kappa shape index (κ2) is 6.12. The molecule has 19 heavy (non-hydrogen) atoms. The number of nitro benzene ring substituents is 1. The number of nitrogens with two attached hydrogens (primary N) is 1. The fourth-order valence-corrected chi connectivity index (χ4v) is 1.51. The quantitative estimate of drug-likeness (QED) is 0.510. The molecule has 0 heterocycles. The van der Waals surface area contributed by atoms with Gasteiger partial charge in [0.05, 0.1) is 11.5 Å². The standard InChI is InChI=1S/C10H10ClN3O5/c11-6-3-1-2-5(8(6)14(18)19)10(17)13-4-7(15)9(12)16/h1-3,7,15H,4H2,(H2,12,16)(H,13,17). The molecule has 1 atom stereocenters. The van der Waals surface area contributed by atoms with Crippen molar-refractivity contribution < 1.29 is 19.6 Å². The lowest BCUT2D eigenvalue weighted by Crippen LogP contribution is -2.40. The molecule has 0 aliphatic carbocycles. The second-order valence-corrected chi connectivity index (χ2v) is 3.93. The Hall–Kier alpha value is -2.19. The Morgan fingerprint density at radius 1 is 1.53 bits per heavy atom. The monoisotopic (exact) mass is 287 g/mol. The topological polar surface area (TPSA) is 136 Å². The Bertz CT molecular complexity index is 534. The van der Waals surface area contributed by atoms with Crippen molar-refractivity contribution >= 4 is 29.1 Å². The van der Waals surface area contributed by atoms with Gasteiger partial charge in [0.2, 0.25) is 5.91 Å². The van der Waals surface area contributed by atoms with Gasteiger partial charge in [0.15, 0.2) is 0 Å². The van der Waals surface area contributed by atoms with E-state index in [0.717, 1.165) is 0 Å². The Morgan fingerprint density at radius 3 is 2.68 bits per heavy atom. The summed E-state index contributed by atoms with van der Waals surface area (Å²) in [5.41, 5.74) is 3.98. The van der Waals surface area contributed by atoms with Crippen LogP contribution in [0.25, 0.3) is 0 Å². The van der Waals surface area contributed by atoms with Crippen molar-refractivity contribution in [2.75, 3.05) is 6.54 Å². The lowest BCUT2D eigenvalue weighted by atomic mass is 10.1. The summed E-state index contributed by atoms with van der Waals surface area (Å²) in [6.45, 7) is -0.447. The van der Waals surface area contributed by atoms with Crippen LogP contribution >= 0.6 is 11.6 Å². The van der Waals surface area contributed by atoms with E-state index in [1.807, 2.05) is 0 Å². The number of benzene rings is 1. The van der Waals surface area contributed by atoms with E-state index in [9.17, 15) is 19.7 Å². The van der Waals surface area contributed by atoms with Crippen molar-refractivity contribution in [1.82, 2.24) is 5.32 Å². The van der Waals surface area contributed by atoms with Crippen molar-refractivity contribution in [3.05, 3.63) is 38.9 Å². The average molecular weight is 288 g/mol. The number of aliphatic hydroxyl groups excluding tert-OH is 1. The van der Waals surface area contributed by atoms with Crippen LogP contribution in [0.15, 0.2) is 18.2 Å². The molecule has 9 heteroatoms. The predicted molar refractivity (Wildman–Crippen MR) is 65.6 cm³/mol. The lowest BCUT2D eigenvalue weighted by molar-refractivity contribution is -0.385. The highest BCUT2D eigenvalue weighted by Gasteiger charge is 2.24. The Kier molecular flexibility index (Phi) is 4.79. The molecule has 0 aliphatic heterocycles. The smallest absolute Gasteiger partial charge is 0.300 e. The van der Waals surface area contributed by atoms with Crippen LogP contribution in [0.3, 0.4) is 0 Å². The molecular formula is C10H10ClN3O5. The molecule has 1 aromatic carbocycles. The van der Waals surface area contributed by atoms with Crippen LogP contribution in [0.5, 0.6) is 0 Å². The molecule has 1 unspecified atom stereocenters. The number of nitrogens with zero attached hydrogens (tertiary/aromatic N) is 1. The second-order valence-electron chi connectivity index (χ2n) is 3.52. The molecule has 2 amide bonds. The third-order valence-corrected chi connectivity index (χ3v) is 2.50.